The third-order valence-electron chi connectivity index (χ3n) is 3.23. The molecular formula is C16H18F3N3O2. The number of alkyl halides is 3. The van der Waals surface area contributed by atoms with Crippen molar-refractivity contribution in [3.8, 4) is 5.75 Å². The third kappa shape index (κ3) is 5.29. The van der Waals surface area contributed by atoms with Gasteiger partial charge in [0.15, 0.2) is 0 Å². The van der Waals surface area contributed by atoms with Crippen molar-refractivity contribution >= 4 is 11.6 Å². The van der Waals surface area contributed by atoms with Gasteiger partial charge >= 0.3 is 6.36 Å². The van der Waals surface area contributed by atoms with E-state index in [0.29, 0.717) is 11.3 Å². The molecule has 24 heavy (non-hydrogen) atoms. The maximum Gasteiger partial charge on any atom is 0.573 e. The zero-order chi connectivity index (χ0) is 17.7. The van der Waals surface area contributed by atoms with Crippen LogP contribution in [0.15, 0.2) is 36.7 Å². The number of aromatic nitrogens is 2. The van der Waals surface area contributed by atoms with Gasteiger partial charge in [-0.1, -0.05) is 18.2 Å². The molecule has 1 amide bonds. The Morgan fingerprint density at radius 2 is 2.04 bits per heavy atom. The summed E-state index contributed by atoms with van der Waals surface area (Å²) in [6, 6.07) is 5.95. The molecule has 2 rings (SSSR count). The van der Waals surface area contributed by atoms with E-state index in [2.05, 4.69) is 15.2 Å². The number of halogens is 3. The number of carbonyl (C=O) groups is 1. The first kappa shape index (κ1) is 17.8. The first-order chi connectivity index (χ1) is 11.2. The fourth-order valence-corrected chi connectivity index (χ4v) is 2.09. The highest BCUT2D eigenvalue weighted by Gasteiger charge is 2.31. The molecule has 0 atom stereocenters. The minimum absolute atomic E-state index is 0.0328. The Hall–Kier alpha value is -2.51. The monoisotopic (exact) mass is 341 g/mol. The van der Waals surface area contributed by atoms with Gasteiger partial charge < -0.3 is 10.1 Å². The number of benzene rings is 1. The maximum absolute atomic E-state index is 12.4. The van der Waals surface area contributed by atoms with E-state index >= 15 is 0 Å². The summed E-state index contributed by atoms with van der Waals surface area (Å²) in [6.45, 7) is 3.91. The van der Waals surface area contributed by atoms with Gasteiger partial charge in [-0.05, 0) is 31.9 Å². The van der Waals surface area contributed by atoms with Crippen LogP contribution in [0.1, 0.15) is 31.9 Å². The van der Waals surface area contributed by atoms with Crippen molar-refractivity contribution in [3.05, 3.63) is 42.2 Å². The van der Waals surface area contributed by atoms with Gasteiger partial charge in [-0.15, -0.1) is 13.2 Å². The molecule has 1 N–H and O–H groups in total. The molecule has 0 radical (unpaired) electrons. The Labute approximate surface area is 137 Å². The minimum Gasteiger partial charge on any atom is -0.406 e. The van der Waals surface area contributed by atoms with Crippen LogP contribution >= 0.6 is 0 Å². The lowest BCUT2D eigenvalue weighted by atomic mass is 10.1. The van der Waals surface area contributed by atoms with Gasteiger partial charge in [0.2, 0.25) is 5.91 Å². The zero-order valence-electron chi connectivity index (χ0n) is 13.3. The van der Waals surface area contributed by atoms with Crippen LogP contribution in [-0.4, -0.2) is 22.1 Å². The van der Waals surface area contributed by atoms with Gasteiger partial charge in [-0.25, -0.2) is 0 Å². The number of hydrogen-bond donors (Lipinski definition) is 1. The van der Waals surface area contributed by atoms with Crippen molar-refractivity contribution in [1.82, 2.24) is 9.78 Å². The molecule has 8 heteroatoms. The number of nitrogens with one attached hydrogen (secondary N) is 1. The third-order valence-corrected chi connectivity index (χ3v) is 3.23. The number of ether oxygens (including phenoxy) is 1. The Bertz CT molecular complexity index is 696. The molecule has 0 saturated carbocycles. The highest BCUT2D eigenvalue weighted by molar-refractivity contribution is 5.90. The van der Waals surface area contributed by atoms with Crippen LogP contribution in [-0.2, 0) is 11.2 Å². The molecular weight excluding hydrogens is 323 g/mol. The zero-order valence-corrected chi connectivity index (χ0v) is 13.3. The molecule has 0 unspecified atom stereocenters. The number of carbonyl (C=O) groups excluding carboxylic acids is 1. The molecule has 1 heterocycles. The van der Waals surface area contributed by atoms with Gasteiger partial charge in [0.25, 0.3) is 0 Å². The van der Waals surface area contributed by atoms with Crippen molar-refractivity contribution in [3.63, 3.8) is 0 Å². The van der Waals surface area contributed by atoms with E-state index in [0.717, 1.165) is 0 Å². The first-order valence-corrected chi connectivity index (χ1v) is 7.42. The smallest absolute Gasteiger partial charge is 0.406 e. The summed E-state index contributed by atoms with van der Waals surface area (Å²) >= 11 is 0. The number of rotatable bonds is 6. The van der Waals surface area contributed by atoms with Crippen LogP contribution in [0.25, 0.3) is 0 Å². The topological polar surface area (TPSA) is 56.2 Å². The lowest BCUT2D eigenvalue weighted by Crippen LogP contribution is -2.18. The Morgan fingerprint density at radius 3 is 2.67 bits per heavy atom. The van der Waals surface area contributed by atoms with Crippen molar-refractivity contribution in [2.24, 2.45) is 0 Å². The van der Waals surface area contributed by atoms with Crippen molar-refractivity contribution in [1.29, 1.82) is 0 Å². The van der Waals surface area contributed by atoms with E-state index in [9.17, 15) is 18.0 Å². The molecule has 1 aromatic carbocycles. The van der Waals surface area contributed by atoms with Crippen LogP contribution in [0.3, 0.4) is 0 Å². The SMILES string of the molecule is CC(C)n1cc(NC(=O)CCc2ccccc2OC(F)(F)F)cn1. The predicted octanol–water partition coefficient (Wildman–Crippen LogP) is 3.93. The van der Waals surface area contributed by atoms with Crippen LogP contribution in [0.2, 0.25) is 0 Å². The number of para-hydroxylation sites is 1. The second-order valence-electron chi connectivity index (χ2n) is 5.51. The molecule has 0 bridgehead atoms. The highest BCUT2D eigenvalue weighted by atomic mass is 19.4. The number of amides is 1. The highest BCUT2D eigenvalue weighted by Crippen LogP contribution is 2.27. The van der Waals surface area contributed by atoms with Gasteiger partial charge in [-0.2, -0.15) is 5.10 Å². The van der Waals surface area contributed by atoms with E-state index in [-0.39, 0.29) is 30.5 Å². The van der Waals surface area contributed by atoms with Crippen LogP contribution in [0, 0.1) is 0 Å². The summed E-state index contributed by atoms with van der Waals surface area (Å²) in [5.41, 5.74) is 0.872. The van der Waals surface area contributed by atoms with Gasteiger partial charge in [0, 0.05) is 18.7 Å². The Kier molecular flexibility index (Phi) is 5.48. The molecule has 0 fully saturated rings. The summed E-state index contributed by atoms with van der Waals surface area (Å²) in [7, 11) is 0. The van der Waals surface area contributed by atoms with Crippen molar-refractivity contribution in [2.75, 3.05) is 5.32 Å². The summed E-state index contributed by atoms with van der Waals surface area (Å²) in [5.74, 6) is -0.592. The molecule has 0 spiro atoms. The first-order valence-electron chi connectivity index (χ1n) is 7.42. The van der Waals surface area contributed by atoms with E-state index in [4.69, 9.17) is 0 Å². The van der Waals surface area contributed by atoms with E-state index in [1.54, 1.807) is 16.9 Å². The fraction of sp³-hybridized carbons (Fsp3) is 0.375. The quantitative estimate of drug-likeness (QED) is 0.866. The molecule has 130 valence electrons. The van der Waals surface area contributed by atoms with Crippen molar-refractivity contribution < 1.29 is 22.7 Å². The summed E-state index contributed by atoms with van der Waals surface area (Å²) in [6.07, 6.45) is -1.37. The number of nitrogens with zero attached hydrogens (tertiary/aromatic N) is 2. The maximum atomic E-state index is 12.4. The molecule has 0 aliphatic rings. The average molecular weight is 341 g/mol. The summed E-state index contributed by atoms with van der Waals surface area (Å²) in [4.78, 5) is 12.0. The summed E-state index contributed by atoms with van der Waals surface area (Å²) in [5, 5.41) is 6.77. The predicted molar refractivity (Wildman–Crippen MR) is 82.7 cm³/mol. The fourth-order valence-electron chi connectivity index (χ4n) is 2.09. The average Bonchev–Trinajstić information content (AvgIpc) is 2.93. The summed E-state index contributed by atoms with van der Waals surface area (Å²) < 4.78 is 42.8. The van der Waals surface area contributed by atoms with Gasteiger partial charge in [-0.3, -0.25) is 9.48 Å². The number of anilines is 1. The standard InChI is InChI=1S/C16H18F3N3O2/c1-11(2)22-10-13(9-20-22)21-15(23)8-7-12-5-3-4-6-14(12)24-16(17,18)19/h3-6,9-11H,7-8H2,1-2H3,(H,21,23). The molecule has 2 aromatic rings. The van der Waals surface area contributed by atoms with Gasteiger partial charge in [0.05, 0.1) is 11.9 Å². The number of hydrogen-bond acceptors (Lipinski definition) is 3. The van der Waals surface area contributed by atoms with Crippen molar-refractivity contribution in [2.45, 2.75) is 39.1 Å². The van der Waals surface area contributed by atoms with Crippen LogP contribution < -0.4 is 10.1 Å². The van der Waals surface area contributed by atoms with E-state index < -0.39 is 6.36 Å². The molecule has 0 aliphatic carbocycles. The lowest BCUT2D eigenvalue weighted by molar-refractivity contribution is -0.274. The second-order valence-corrected chi connectivity index (χ2v) is 5.51. The molecule has 5 nitrogen and oxygen atoms in total. The molecule has 0 saturated heterocycles. The Balaban J connectivity index is 1.94. The van der Waals surface area contributed by atoms with Crippen LogP contribution in [0.4, 0.5) is 18.9 Å². The molecule has 0 aliphatic heterocycles. The largest absolute Gasteiger partial charge is 0.573 e. The Morgan fingerprint density at radius 1 is 1.33 bits per heavy atom. The van der Waals surface area contributed by atoms with E-state index in [1.807, 2.05) is 13.8 Å². The number of aryl methyl sites for hydroxylation is 1. The minimum atomic E-state index is -4.76. The molecule has 1 aromatic heterocycles. The lowest BCUT2D eigenvalue weighted by Gasteiger charge is -2.12. The van der Waals surface area contributed by atoms with E-state index in [1.165, 1.54) is 24.4 Å². The van der Waals surface area contributed by atoms with Gasteiger partial charge in [0.1, 0.15) is 5.75 Å². The van der Waals surface area contributed by atoms with Crippen LogP contribution in [0.5, 0.6) is 5.75 Å². The second kappa shape index (κ2) is 7.37. The normalized spacial score (nSPS) is 11.6.